The van der Waals surface area contributed by atoms with Crippen molar-refractivity contribution >= 4 is 7.25 Å². The highest BCUT2D eigenvalue weighted by atomic mass is 19.5. The molecule has 0 aliphatic rings. The molecule has 2 heterocycles. The maximum Gasteiger partial charge on any atom is 0.673 e. The first-order valence-electron chi connectivity index (χ1n) is 11.0. The van der Waals surface area contributed by atoms with E-state index in [4.69, 9.17) is 4.42 Å². The molecule has 0 saturated heterocycles. The molecule has 0 radical (unpaired) electrons. The molecule has 0 aliphatic carbocycles. The standard InChI is InChI=1S/C28H22NO.BF4/c1-4-11-22(12-5-1)25-19-27(23-13-6-2-7-14-23)29(21-26-17-10-18-30-26)28(20-25)24-15-8-3-9-16-24;2-1(3,4)5/h1-20H,21H2;/q+1;-1. The Morgan fingerprint density at radius 3 is 1.37 bits per heavy atom. The zero-order valence-electron chi connectivity index (χ0n) is 18.7. The van der Waals surface area contributed by atoms with Crippen molar-refractivity contribution in [3.05, 3.63) is 127 Å². The van der Waals surface area contributed by atoms with Crippen molar-refractivity contribution in [1.82, 2.24) is 0 Å². The summed E-state index contributed by atoms with van der Waals surface area (Å²) in [4.78, 5) is 0. The number of halogens is 4. The minimum absolute atomic E-state index is 0.663. The van der Waals surface area contributed by atoms with Crippen LogP contribution in [0, 0.1) is 0 Å². The Kier molecular flexibility index (Phi) is 7.46. The normalized spacial score (nSPS) is 11.0. The van der Waals surface area contributed by atoms with Gasteiger partial charge in [0.25, 0.3) is 0 Å². The van der Waals surface area contributed by atoms with Crippen LogP contribution in [0.2, 0.25) is 0 Å². The molecular weight excluding hydrogens is 453 g/mol. The minimum atomic E-state index is -6.00. The first-order valence-corrected chi connectivity index (χ1v) is 11.0. The molecule has 2 nitrogen and oxygen atoms in total. The third-order valence-corrected chi connectivity index (χ3v) is 5.31. The lowest BCUT2D eigenvalue weighted by atomic mass is 9.99. The number of nitrogens with zero attached hydrogens (tertiary/aromatic N) is 1. The van der Waals surface area contributed by atoms with Gasteiger partial charge in [-0.1, -0.05) is 66.7 Å². The number of hydrogen-bond acceptors (Lipinski definition) is 1. The Morgan fingerprint density at radius 1 is 0.543 bits per heavy atom. The van der Waals surface area contributed by atoms with Gasteiger partial charge >= 0.3 is 7.25 Å². The smallest absolute Gasteiger partial charge is 0.463 e. The maximum absolute atomic E-state index is 9.75. The molecule has 0 spiro atoms. The number of rotatable bonds is 5. The molecule has 0 aliphatic heterocycles. The molecule has 0 unspecified atom stereocenters. The van der Waals surface area contributed by atoms with Gasteiger partial charge in [0.05, 0.1) is 6.26 Å². The van der Waals surface area contributed by atoms with Crippen LogP contribution in [0.1, 0.15) is 5.76 Å². The highest BCUT2D eigenvalue weighted by Gasteiger charge is 2.24. The van der Waals surface area contributed by atoms with Crippen molar-refractivity contribution in [2.24, 2.45) is 0 Å². The summed E-state index contributed by atoms with van der Waals surface area (Å²) in [7, 11) is -6.00. The number of pyridine rings is 1. The Balaban J connectivity index is 0.000000527. The van der Waals surface area contributed by atoms with Gasteiger partial charge in [0.15, 0.2) is 5.76 Å². The summed E-state index contributed by atoms with van der Waals surface area (Å²) < 4.78 is 47.1. The molecule has 0 saturated carbocycles. The molecule has 0 bridgehead atoms. The second-order valence-electron chi connectivity index (χ2n) is 7.77. The summed E-state index contributed by atoms with van der Waals surface area (Å²) in [5, 5.41) is 0. The van der Waals surface area contributed by atoms with Crippen LogP contribution in [0.15, 0.2) is 126 Å². The van der Waals surface area contributed by atoms with E-state index in [0.29, 0.717) is 6.54 Å². The molecule has 5 aromatic rings. The highest BCUT2D eigenvalue weighted by molar-refractivity contribution is 6.50. The van der Waals surface area contributed by atoms with Gasteiger partial charge in [0.1, 0.15) is 0 Å². The van der Waals surface area contributed by atoms with Crippen LogP contribution in [0.4, 0.5) is 17.3 Å². The fraction of sp³-hybridized carbons (Fsp3) is 0.0357. The molecule has 7 heteroatoms. The Morgan fingerprint density at radius 2 is 0.971 bits per heavy atom. The average molecular weight is 475 g/mol. The maximum atomic E-state index is 9.75. The second-order valence-corrected chi connectivity index (χ2v) is 7.77. The summed E-state index contributed by atoms with van der Waals surface area (Å²) in [6, 6.07) is 40.2. The third kappa shape index (κ3) is 6.70. The predicted molar refractivity (Wildman–Crippen MR) is 131 cm³/mol. The van der Waals surface area contributed by atoms with Gasteiger partial charge in [-0.15, -0.1) is 0 Å². The SMILES string of the molecule is F[B-](F)(F)F.c1ccc(-c2cc(-c3ccccc3)[n+](Cc3ccco3)c(-c3ccccc3)c2)cc1. The zero-order valence-corrected chi connectivity index (χ0v) is 18.7. The molecule has 0 amide bonds. The second kappa shape index (κ2) is 10.9. The van der Waals surface area contributed by atoms with Gasteiger partial charge in [-0.2, -0.15) is 4.57 Å². The largest absolute Gasteiger partial charge is 0.673 e. The third-order valence-electron chi connectivity index (χ3n) is 5.31. The topological polar surface area (TPSA) is 17.0 Å². The van der Waals surface area contributed by atoms with Gasteiger partial charge in [-0.3, -0.25) is 0 Å². The zero-order chi connectivity index (χ0) is 24.7. The van der Waals surface area contributed by atoms with Crippen molar-refractivity contribution in [2.75, 3.05) is 0 Å². The lowest BCUT2D eigenvalue weighted by Crippen LogP contribution is -2.39. The fourth-order valence-corrected chi connectivity index (χ4v) is 3.84. The van der Waals surface area contributed by atoms with E-state index in [1.165, 1.54) is 22.3 Å². The molecule has 35 heavy (non-hydrogen) atoms. The first-order chi connectivity index (χ1) is 16.9. The van der Waals surface area contributed by atoms with Crippen molar-refractivity contribution in [3.8, 4) is 33.6 Å². The summed E-state index contributed by atoms with van der Waals surface area (Å²) in [6.45, 7) is 0.663. The van der Waals surface area contributed by atoms with E-state index in [0.717, 1.165) is 17.1 Å². The van der Waals surface area contributed by atoms with E-state index in [9.17, 15) is 17.3 Å². The Labute approximate surface area is 201 Å². The highest BCUT2D eigenvalue weighted by Crippen LogP contribution is 2.29. The van der Waals surface area contributed by atoms with E-state index >= 15 is 0 Å². The molecule has 0 atom stereocenters. The lowest BCUT2D eigenvalue weighted by molar-refractivity contribution is -0.668. The predicted octanol–water partition coefficient (Wildman–Crippen LogP) is 7.92. The molecule has 5 rings (SSSR count). The summed E-state index contributed by atoms with van der Waals surface area (Å²) >= 11 is 0. The number of hydrogen-bond donors (Lipinski definition) is 0. The van der Waals surface area contributed by atoms with Crippen LogP contribution in [-0.4, -0.2) is 7.25 Å². The number of aromatic nitrogens is 1. The van der Waals surface area contributed by atoms with E-state index in [-0.39, 0.29) is 0 Å². The molecule has 3 aromatic carbocycles. The van der Waals surface area contributed by atoms with Crippen LogP contribution < -0.4 is 4.57 Å². The van der Waals surface area contributed by atoms with Crippen molar-refractivity contribution in [2.45, 2.75) is 6.54 Å². The Hall–Kier alpha value is -4.13. The molecule has 0 fully saturated rings. The molecular formula is C28H22BF4NO. The molecule has 176 valence electrons. The summed E-state index contributed by atoms with van der Waals surface area (Å²) in [6.07, 6.45) is 1.73. The van der Waals surface area contributed by atoms with Crippen LogP contribution in [0.3, 0.4) is 0 Å². The van der Waals surface area contributed by atoms with Crippen molar-refractivity contribution in [1.29, 1.82) is 0 Å². The van der Waals surface area contributed by atoms with Crippen molar-refractivity contribution < 1.29 is 26.2 Å². The molecule has 0 N–H and O–H groups in total. The van der Waals surface area contributed by atoms with E-state index < -0.39 is 7.25 Å². The summed E-state index contributed by atoms with van der Waals surface area (Å²) in [5.41, 5.74) is 7.08. The van der Waals surface area contributed by atoms with E-state index in [1.807, 2.05) is 12.1 Å². The van der Waals surface area contributed by atoms with Gasteiger partial charge in [0, 0.05) is 23.3 Å². The van der Waals surface area contributed by atoms with Crippen LogP contribution in [-0.2, 0) is 6.54 Å². The van der Waals surface area contributed by atoms with Gasteiger partial charge in [-0.25, -0.2) is 0 Å². The summed E-state index contributed by atoms with van der Waals surface area (Å²) in [5.74, 6) is 0.932. The van der Waals surface area contributed by atoms with Crippen molar-refractivity contribution in [3.63, 3.8) is 0 Å². The van der Waals surface area contributed by atoms with Gasteiger partial charge in [0.2, 0.25) is 17.9 Å². The number of benzene rings is 3. The van der Waals surface area contributed by atoms with E-state index in [1.54, 1.807) is 6.26 Å². The Bertz CT molecular complexity index is 1270. The molecule has 2 aromatic heterocycles. The lowest BCUT2D eigenvalue weighted by Gasteiger charge is -2.12. The van der Waals surface area contributed by atoms with Crippen LogP contribution in [0.25, 0.3) is 33.6 Å². The van der Waals surface area contributed by atoms with Gasteiger partial charge < -0.3 is 21.7 Å². The minimum Gasteiger partial charge on any atom is -0.463 e. The average Bonchev–Trinajstić information content (AvgIpc) is 3.38. The van der Waals surface area contributed by atoms with Crippen LogP contribution in [0.5, 0.6) is 0 Å². The monoisotopic (exact) mass is 475 g/mol. The first kappa shape index (κ1) is 24.0. The van der Waals surface area contributed by atoms with Crippen LogP contribution >= 0.6 is 0 Å². The van der Waals surface area contributed by atoms with Gasteiger partial charge in [-0.05, 0) is 47.5 Å². The fourth-order valence-electron chi connectivity index (χ4n) is 3.84. The number of furan rings is 1. The van der Waals surface area contributed by atoms with E-state index in [2.05, 4.69) is 108 Å². The quantitative estimate of drug-likeness (QED) is 0.143.